The van der Waals surface area contributed by atoms with Crippen LogP contribution in [-0.2, 0) is 0 Å². The lowest BCUT2D eigenvalue weighted by atomic mass is 10.1. The summed E-state index contributed by atoms with van der Waals surface area (Å²) in [5, 5.41) is 2.76. The fraction of sp³-hybridized carbons (Fsp3) is 0. The molecular formula is C10H4I4. The van der Waals surface area contributed by atoms with Gasteiger partial charge in [-0.2, -0.15) is 0 Å². The minimum atomic E-state index is 1.33. The van der Waals surface area contributed by atoms with Gasteiger partial charge in [0.05, 0.1) is 0 Å². The summed E-state index contributed by atoms with van der Waals surface area (Å²) in [7, 11) is 0. The van der Waals surface area contributed by atoms with Gasteiger partial charge in [0.1, 0.15) is 0 Å². The summed E-state index contributed by atoms with van der Waals surface area (Å²) < 4.78 is 5.35. The average Bonchev–Trinajstić information content (AvgIpc) is 2.16. The molecule has 0 aliphatic heterocycles. The summed E-state index contributed by atoms with van der Waals surface area (Å²) in [6, 6.07) is 8.75. The molecular weight excluding hydrogens is 628 g/mol. The van der Waals surface area contributed by atoms with E-state index in [1.807, 2.05) is 0 Å². The van der Waals surface area contributed by atoms with Gasteiger partial charge in [-0.25, -0.2) is 0 Å². The Kier molecular flexibility index (Phi) is 4.20. The van der Waals surface area contributed by atoms with Gasteiger partial charge >= 0.3 is 0 Å². The molecule has 72 valence electrons. The van der Waals surface area contributed by atoms with Crippen molar-refractivity contribution in [2.45, 2.75) is 0 Å². The highest BCUT2D eigenvalue weighted by atomic mass is 127. The van der Waals surface area contributed by atoms with Gasteiger partial charge in [-0.15, -0.1) is 0 Å². The third-order valence-corrected chi connectivity index (χ3v) is 6.86. The summed E-state index contributed by atoms with van der Waals surface area (Å²) >= 11 is 9.62. The summed E-state index contributed by atoms with van der Waals surface area (Å²) in [6.45, 7) is 0. The van der Waals surface area contributed by atoms with Gasteiger partial charge in [-0.1, -0.05) is 6.07 Å². The predicted molar refractivity (Wildman–Crippen MR) is 94.8 cm³/mol. The van der Waals surface area contributed by atoms with Gasteiger partial charge in [0.25, 0.3) is 0 Å². The number of hydrogen-bond donors (Lipinski definition) is 0. The lowest BCUT2D eigenvalue weighted by Crippen LogP contribution is -1.88. The summed E-state index contributed by atoms with van der Waals surface area (Å²) in [4.78, 5) is 0. The smallest absolute Gasteiger partial charge is 0.0353 e. The van der Waals surface area contributed by atoms with Crippen LogP contribution >= 0.6 is 90.4 Å². The monoisotopic (exact) mass is 632 g/mol. The quantitative estimate of drug-likeness (QED) is 0.349. The molecule has 0 saturated carbocycles. The van der Waals surface area contributed by atoms with Crippen molar-refractivity contribution in [3.05, 3.63) is 38.5 Å². The molecule has 2 aromatic carbocycles. The summed E-state index contributed by atoms with van der Waals surface area (Å²) in [6.07, 6.45) is 0. The van der Waals surface area contributed by atoms with Crippen LogP contribution in [0.15, 0.2) is 24.3 Å². The summed E-state index contributed by atoms with van der Waals surface area (Å²) in [5.74, 6) is 0. The fourth-order valence-corrected chi connectivity index (χ4v) is 4.40. The van der Waals surface area contributed by atoms with Crippen molar-refractivity contribution in [2.24, 2.45) is 0 Å². The van der Waals surface area contributed by atoms with Gasteiger partial charge in [0, 0.05) is 19.7 Å². The van der Waals surface area contributed by atoms with Crippen molar-refractivity contribution < 1.29 is 0 Å². The number of rotatable bonds is 0. The number of halogens is 4. The van der Waals surface area contributed by atoms with E-state index in [2.05, 4.69) is 115 Å². The molecule has 14 heavy (non-hydrogen) atoms. The highest BCUT2D eigenvalue weighted by Gasteiger charge is 2.08. The molecule has 2 aromatic rings. The molecule has 0 unspecified atom stereocenters. The maximum atomic E-state index is 2.43. The molecule has 0 fully saturated rings. The zero-order valence-electron chi connectivity index (χ0n) is 6.82. The molecule has 0 N–H and O–H groups in total. The maximum Gasteiger partial charge on any atom is 0.0353 e. The molecule has 0 nitrogen and oxygen atoms in total. The second-order valence-electron chi connectivity index (χ2n) is 2.81. The first-order chi connectivity index (χ1) is 6.61. The van der Waals surface area contributed by atoms with Crippen LogP contribution < -0.4 is 0 Å². The maximum absolute atomic E-state index is 2.43. The van der Waals surface area contributed by atoms with E-state index >= 15 is 0 Å². The van der Waals surface area contributed by atoms with Gasteiger partial charge in [-0.05, 0) is 114 Å². The number of benzene rings is 2. The van der Waals surface area contributed by atoms with Gasteiger partial charge in [-0.3, -0.25) is 0 Å². The van der Waals surface area contributed by atoms with E-state index in [1.165, 1.54) is 25.1 Å². The van der Waals surface area contributed by atoms with Crippen LogP contribution in [0.3, 0.4) is 0 Å². The fourth-order valence-electron chi connectivity index (χ4n) is 1.30. The van der Waals surface area contributed by atoms with E-state index in [-0.39, 0.29) is 0 Å². The van der Waals surface area contributed by atoms with Crippen LogP contribution in [0.4, 0.5) is 0 Å². The Hall–Kier alpha value is 1.62. The Morgan fingerprint density at radius 2 is 1.21 bits per heavy atom. The topological polar surface area (TPSA) is 0 Å². The summed E-state index contributed by atoms with van der Waals surface area (Å²) in [5.41, 5.74) is 0. The third kappa shape index (κ3) is 2.17. The van der Waals surface area contributed by atoms with E-state index < -0.39 is 0 Å². The molecule has 0 spiro atoms. The molecule has 0 aliphatic carbocycles. The first-order valence-electron chi connectivity index (χ1n) is 3.83. The minimum Gasteiger partial charge on any atom is -0.0522 e. The highest BCUT2D eigenvalue weighted by Crippen LogP contribution is 2.31. The van der Waals surface area contributed by atoms with Gasteiger partial charge in [0.2, 0.25) is 0 Å². The molecule has 0 atom stereocenters. The Labute approximate surface area is 137 Å². The standard InChI is InChI=1S/C10H4I4/c11-6-3-4-7(12)9-5(6)1-2-8(13)10(9)14/h1-4H. The molecule has 0 bridgehead atoms. The van der Waals surface area contributed by atoms with Crippen LogP contribution in [0.1, 0.15) is 0 Å². The van der Waals surface area contributed by atoms with Crippen LogP contribution in [0, 0.1) is 14.3 Å². The molecule has 0 saturated heterocycles. The zero-order chi connectivity index (χ0) is 10.3. The zero-order valence-corrected chi connectivity index (χ0v) is 15.5. The van der Waals surface area contributed by atoms with Gasteiger partial charge < -0.3 is 0 Å². The molecule has 2 rings (SSSR count). The van der Waals surface area contributed by atoms with E-state index in [9.17, 15) is 0 Å². The van der Waals surface area contributed by atoms with Crippen LogP contribution in [0.5, 0.6) is 0 Å². The van der Waals surface area contributed by atoms with Crippen molar-refractivity contribution in [3.63, 3.8) is 0 Å². The van der Waals surface area contributed by atoms with Crippen molar-refractivity contribution in [1.82, 2.24) is 0 Å². The lowest BCUT2D eigenvalue weighted by Gasteiger charge is -2.07. The van der Waals surface area contributed by atoms with E-state index in [0.717, 1.165) is 0 Å². The molecule has 0 amide bonds. The van der Waals surface area contributed by atoms with Crippen LogP contribution in [-0.4, -0.2) is 0 Å². The highest BCUT2D eigenvalue weighted by molar-refractivity contribution is 14.1. The van der Waals surface area contributed by atoms with Crippen molar-refractivity contribution in [3.8, 4) is 0 Å². The Bertz CT molecular complexity index is 505. The lowest BCUT2D eigenvalue weighted by molar-refractivity contribution is 1.60. The van der Waals surface area contributed by atoms with Crippen molar-refractivity contribution in [1.29, 1.82) is 0 Å². The Balaban J connectivity index is 3.01. The van der Waals surface area contributed by atoms with E-state index in [0.29, 0.717) is 0 Å². The number of fused-ring (bicyclic) bond motifs is 1. The third-order valence-electron chi connectivity index (χ3n) is 1.97. The van der Waals surface area contributed by atoms with Crippen molar-refractivity contribution >= 4 is 101 Å². The molecule has 0 heterocycles. The van der Waals surface area contributed by atoms with E-state index in [4.69, 9.17) is 0 Å². The predicted octanol–water partition coefficient (Wildman–Crippen LogP) is 5.26. The van der Waals surface area contributed by atoms with Gasteiger partial charge in [0.15, 0.2) is 0 Å². The Morgan fingerprint density at radius 3 is 1.93 bits per heavy atom. The second kappa shape index (κ2) is 4.86. The molecule has 0 radical (unpaired) electrons. The largest absolute Gasteiger partial charge is 0.0522 e. The first kappa shape index (κ1) is 12.1. The SMILES string of the molecule is Ic1ccc2c(I)ccc(I)c2c1I. The molecule has 4 heteroatoms. The molecule has 0 aromatic heterocycles. The van der Waals surface area contributed by atoms with Crippen LogP contribution in [0.2, 0.25) is 0 Å². The van der Waals surface area contributed by atoms with Crippen molar-refractivity contribution in [2.75, 3.05) is 0 Å². The van der Waals surface area contributed by atoms with Crippen LogP contribution in [0.25, 0.3) is 10.8 Å². The van der Waals surface area contributed by atoms with E-state index in [1.54, 1.807) is 0 Å². The Morgan fingerprint density at radius 1 is 0.643 bits per heavy atom. The average molecular weight is 632 g/mol. The second-order valence-corrected chi connectivity index (χ2v) is 7.38. The number of hydrogen-bond acceptors (Lipinski definition) is 0. The molecule has 0 aliphatic rings. The minimum absolute atomic E-state index is 1.33. The first-order valence-corrected chi connectivity index (χ1v) is 8.14. The normalized spacial score (nSPS) is 10.9.